The van der Waals surface area contributed by atoms with E-state index in [1.54, 1.807) is 12.4 Å². The molecule has 2 fully saturated rings. The van der Waals surface area contributed by atoms with E-state index in [0.29, 0.717) is 19.5 Å². The molecular weight excluding hydrogens is 338 g/mol. The van der Waals surface area contributed by atoms with Gasteiger partial charge in [-0.3, -0.25) is 14.6 Å². The first-order valence-electron chi connectivity index (χ1n) is 9.58. The number of piperidine rings is 1. The summed E-state index contributed by atoms with van der Waals surface area (Å²) in [5.74, 6) is 0.302. The van der Waals surface area contributed by atoms with E-state index in [9.17, 15) is 9.59 Å². The van der Waals surface area contributed by atoms with Crippen molar-refractivity contribution in [3.05, 3.63) is 66.0 Å². The van der Waals surface area contributed by atoms with Gasteiger partial charge in [0.2, 0.25) is 11.8 Å². The fourth-order valence-electron chi connectivity index (χ4n) is 4.52. The molecule has 0 N–H and O–H groups in total. The lowest BCUT2D eigenvalue weighted by atomic mass is 9.81. The fourth-order valence-corrected chi connectivity index (χ4v) is 4.52. The minimum atomic E-state index is -0.120. The van der Waals surface area contributed by atoms with Crippen molar-refractivity contribution in [2.75, 3.05) is 20.1 Å². The van der Waals surface area contributed by atoms with Gasteiger partial charge >= 0.3 is 0 Å². The summed E-state index contributed by atoms with van der Waals surface area (Å²) in [6.45, 7) is 1.42. The van der Waals surface area contributed by atoms with Crippen molar-refractivity contribution in [2.45, 2.75) is 37.1 Å². The standard InChI is InChI=1S/C22H25N3O2/c1-24-21(27)19(18-5-3-2-4-6-18)16-22(24)9-13-25(14-10-22)20(26)15-17-7-11-23-12-8-17/h2-8,11-12,19H,9-10,13-16H2,1H3. The van der Waals surface area contributed by atoms with Crippen molar-refractivity contribution in [1.29, 1.82) is 0 Å². The highest BCUT2D eigenvalue weighted by Gasteiger charge is 2.50. The maximum atomic E-state index is 12.9. The lowest BCUT2D eigenvalue weighted by Gasteiger charge is -2.43. The van der Waals surface area contributed by atoms with Gasteiger partial charge in [-0.2, -0.15) is 0 Å². The highest BCUT2D eigenvalue weighted by Crippen LogP contribution is 2.44. The van der Waals surface area contributed by atoms with Gasteiger partial charge < -0.3 is 9.80 Å². The molecule has 1 aromatic carbocycles. The van der Waals surface area contributed by atoms with E-state index in [4.69, 9.17) is 0 Å². The molecule has 1 aromatic heterocycles. The van der Waals surface area contributed by atoms with Gasteiger partial charge in [0.15, 0.2) is 0 Å². The van der Waals surface area contributed by atoms with Crippen LogP contribution in [0.2, 0.25) is 0 Å². The quantitative estimate of drug-likeness (QED) is 0.842. The van der Waals surface area contributed by atoms with Crippen LogP contribution in [-0.4, -0.2) is 52.3 Å². The molecule has 0 bridgehead atoms. The average molecular weight is 363 g/mol. The Morgan fingerprint density at radius 2 is 1.78 bits per heavy atom. The van der Waals surface area contributed by atoms with Crippen LogP contribution in [0.25, 0.3) is 0 Å². The van der Waals surface area contributed by atoms with Crippen LogP contribution >= 0.6 is 0 Å². The Balaban J connectivity index is 1.42. The molecule has 2 aliphatic rings. The molecule has 1 atom stereocenters. The third-order valence-electron chi connectivity index (χ3n) is 6.28. The normalized spacial score (nSPS) is 21.7. The van der Waals surface area contributed by atoms with Crippen LogP contribution < -0.4 is 0 Å². The monoisotopic (exact) mass is 363 g/mol. The highest BCUT2D eigenvalue weighted by molar-refractivity contribution is 5.87. The van der Waals surface area contributed by atoms with Crippen molar-refractivity contribution >= 4 is 11.8 Å². The van der Waals surface area contributed by atoms with Gasteiger partial charge in [0.25, 0.3) is 0 Å². The number of nitrogens with zero attached hydrogens (tertiary/aromatic N) is 3. The summed E-state index contributed by atoms with van der Waals surface area (Å²) in [4.78, 5) is 33.4. The summed E-state index contributed by atoms with van der Waals surface area (Å²) in [6.07, 6.45) is 6.39. The summed E-state index contributed by atoms with van der Waals surface area (Å²) in [5.41, 5.74) is 1.97. The number of benzene rings is 1. The fraction of sp³-hybridized carbons (Fsp3) is 0.409. The van der Waals surface area contributed by atoms with E-state index in [1.807, 2.05) is 59.3 Å². The van der Waals surface area contributed by atoms with Gasteiger partial charge in [-0.05, 0) is 42.5 Å². The maximum absolute atomic E-state index is 12.9. The summed E-state index contributed by atoms with van der Waals surface area (Å²) in [6, 6.07) is 13.8. The van der Waals surface area contributed by atoms with Gasteiger partial charge in [-0.1, -0.05) is 30.3 Å². The molecule has 0 saturated carbocycles. The van der Waals surface area contributed by atoms with Gasteiger partial charge in [0.05, 0.1) is 12.3 Å². The van der Waals surface area contributed by atoms with E-state index < -0.39 is 0 Å². The maximum Gasteiger partial charge on any atom is 0.230 e. The largest absolute Gasteiger partial charge is 0.342 e. The molecule has 2 aliphatic heterocycles. The highest BCUT2D eigenvalue weighted by atomic mass is 16.2. The number of pyridine rings is 1. The molecule has 2 amide bonds. The van der Waals surface area contributed by atoms with Crippen molar-refractivity contribution in [2.24, 2.45) is 0 Å². The Morgan fingerprint density at radius 1 is 1.11 bits per heavy atom. The molecule has 0 radical (unpaired) electrons. The van der Waals surface area contributed by atoms with Gasteiger partial charge in [-0.15, -0.1) is 0 Å². The van der Waals surface area contributed by atoms with Gasteiger partial charge in [0, 0.05) is 38.1 Å². The Hall–Kier alpha value is -2.69. The molecule has 0 aliphatic carbocycles. The smallest absolute Gasteiger partial charge is 0.230 e. The second kappa shape index (κ2) is 7.14. The molecule has 1 unspecified atom stereocenters. The third kappa shape index (κ3) is 3.34. The number of rotatable bonds is 3. The first-order chi connectivity index (χ1) is 13.1. The van der Waals surface area contributed by atoms with Crippen LogP contribution in [0.5, 0.6) is 0 Å². The molecular formula is C22H25N3O2. The molecule has 5 nitrogen and oxygen atoms in total. The van der Waals surface area contributed by atoms with Gasteiger partial charge in [-0.25, -0.2) is 0 Å². The topological polar surface area (TPSA) is 53.5 Å². The molecule has 4 rings (SSSR count). The summed E-state index contributed by atoms with van der Waals surface area (Å²) >= 11 is 0. The molecule has 5 heteroatoms. The van der Waals surface area contributed by atoms with Crippen molar-refractivity contribution in [3.8, 4) is 0 Å². The Bertz CT molecular complexity index is 814. The molecule has 140 valence electrons. The first-order valence-corrected chi connectivity index (χ1v) is 9.58. The third-order valence-corrected chi connectivity index (χ3v) is 6.28. The van der Waals surface area contributed by atoms with Crippen molar-refractivity contribution in [3.63, 3.8) is 0 Å². The predicted octanol–water partition coefficient (Wildman–Crippen LogP) is 2.63. The Morgan fingerprint density at radius 3 is 2.44 bits per heavy atom. The van der Waals surface area contributed by atoms with Crippen LogP contribution in [0.3, 0.4) is 0 Å². The number of likely N-dealkylation sites (N-methyl/N-ethyl adjacent to an activating group) is 1. The minimum Gasteiger partial charge on any atom is -0.342 e. The summed E-state index contributed by atoms with van der Waals surface area (Å²) < 4.78 is 0. The second-order valence-corrected chi connectivity index (χ2v) is 7.70. The number of aromatic nitrogens is 1. The van der Waals surface area contributed by atoms with E-state index in [2.05, 4.69) is 4.98 Å². The molecule has 1 spiro atoms. The number of carbonyl (C=O) groups excluding carboxylic acids is 2. The lowest BCUT2D eigenvalue weighted by molar-refractivity contribution is -0.135. The van der Waals surface area contributed by atoms with E-state index in [-0.39, 0.29) is 23.3 Å². The zero-order chi connectivity index (χ0) is 18.9. The van der Waals surface area contributed by atoms with Crippen LogP contribution in [0.4, 0.5) is 0 Å². The van der Waals surface area contributed by atoms with Crippen molar-refractivity contribution in [1.82, 2.24) is 14.8 Å². The number of hydrogen-bond donors (Lipinski definition) is 0. The van der Waals surface area contributed by atoms with E-state index in [1.165, 1.54) is 0 Å². The molecule has 3 heterocycles. The van der Waals surface area contributed by atoms with Crippen LogP contribution in [0.1, 0.15) is 36.3 Å². The minimum absolute atomic E-state index is 0.0599. The second-order valence-electron chi connectivity index (χ2n) is 7.70. The zero-order valence-corrected chi connectivity index (χ0v) is 15.7. The Labute approximate surface area is 160 Å². The summed E-state index contributed by atoms with van der Waals surface area (Å²) in [7, 11) is 1.93. The number of carbonyl (C=O) groups is 2. The molecule has 27 heavy (non-hydrogen) atoms. The predicted molar refractivity (Wildman–Crippen MR) is 103 cm³/mol. The number of likely N-dealkylation sites (tertiary alicyclic amines) is 2. The lowest BCUT2D eigenvalue weighted by Crippen LogP contribution is -2.53. The van der Waals surface area contributed by atoms with E-state index >= 15 is 0 Å². The molecule has 2 saturated heterocycles. The van der Waals surface area contributed by atoms with Crippen LogP contribution in [-0.2, 0) is 16.0 Å². The van der Waals surface area contributed by atoms with Crippen LogP contribution in [0, 0.1) is 0 Å². The SMILES string of the molecule is CN1C(=O)C(c2ccccc2)CC12CCN(C(=O)Cc1ccncc1)CC2. The van der Waals surface area contributed by atoms with E-state index in [0.717, 1.165) is 30.4 Å². The number of hydrogen-bond acceptors (Lipinski definition) is 3. The van der Waals surface area contributed by atoms with Crippen LogP contribution in [0.15, 0.2) is 54.9 Å². The molecule has 2 aromatic rings. The average Bonchev–Trinajstić information content (AvgIpc) is 2.95. The van der Waals surface area contributed by atoms with Gasteiger partial charge in [0.1, 0.15) is 0 Å². The Kier molecular flexibility index (Phi) is 4.68. The number of amides is 2. The summed E-state index contributed by atoms with van der Waals surface area (Å²) in [5, 5.41) is 0. The van der Waals surface area contributed by atoms with Crippen molar-refractivity contribution < 1.29 is 9.59 Å². The first kappa shape index (κ1) is 17.7. The zero-order valence-electron chi connectivity index (χ0n) is 15.7.